The zero-order chi connectivity index (χ0) is 19.0. The van der Waals surface area contributed by atoms with E-state index in [1.165, 1.54) is 0 Å². The molecule has 8 nitrogen and oxygen atoms in total. The van der Waals surface area contributed by atoms with Crippen LogP contribution in [-0.4, -0.2) is 57.1 Å². The fraction of sp³-hybridized carbons (Fsp3) is 0.526. The maximum atomic E-state index is 12.8. The van der Waals surface area contributed by atoms with Crippen molar-refractivity contribution in [2.24, 2.45) is 5.41 Å². The lowest BCUT2D eigenvalue weighted by molar-refractivity contribution is -0.154. The van der Waals surface area contributed by atoms with Crippen LogP contribution in [0.5, 0.6) is 0 Å². The van der Waals surface area contributed by atoms with Crippen molar-refractivity contribution in [2.45, 2.75) is 38.3 Å². The van der Waals surface area contributed by atoms with E-state index in [1.54, 1.807) is 9.47 Å². The molecule has 144 valence electrons. The molecule has 27 heavy (non-hydrogen) atoms. The number of imidazole rings is 1. The third-order valence-electron chi connectivity index (χ3n) is 5.90. The van der Waals surface area contributed by atoms with Gasteiger partial charge in [-0.25, -0.2) is 4.79 Å². The minimum absolute atomic E-state index is 0.100. The summed E-state index contributed by atoms with van der Waals surface area (Å²) in [7, 11) is 0. The first-order chi connectivity index (χ1) is 13.0. The van der Waals surface area contributed by atoms with Crippen molar-refractivity contribution in [3.63, 3.8) is 0 Å². The topological polar surface area (TPSA) is 107 Å². The van der Waals surface area contributed by atoms with Gasteiger partial charge in [-0.1, -0.05) is 12.1 Å². The number of nitrogens with zero attached hydrogens (tertiary/aromatic N) is 2. The first-order valence-corrected chi connectivity index (χ1v) is 9.43. The predicted molar refractivity (Wildman–Crippen MR) is 99.1 cm³/mol. The van der Waals surface area contributed by atoms with Gasteiger partial charge in [0.1, 0.15) is 0 Å². The Morgan fingerprint density at radius 2 is 2.11 bits per heavy atom. The number of aryl methyl sites for hydroxylation is 1. The Morgan fingerprint density at radius 1 is 1.30 bits per heavy atom. The van der Waals surface area contributed by atoms with Crippen LogP contribution >= 0.6 is 0 Å². The zero-order valence-electron chi connectivity index (χ0n) is 15.1. The number of nitrogens with one attached hydrogen (secondary N) is 2. The van der Waals surface area contributed by atoms with Gasteiger partial charge in [0.15, 0.2) is 0 Å². The highest BCUT2D eigenvalue weighted by molar-refractivity contribution is 5.86. The molecule has 2 aliphatic rings. The number of fused-ring (bicyclic) bond motifs is 1. The average molecular weight is 372 g/mol. The molecule has 4 rings (SSSR count). The highest BCUT2D eigenvalue weighted by Crippen LogP contribution is 2.37. The number of amides is 2. The van der Waals surface area contributed by atoms with E-state index >= 15 is 0 Å². The second-order valence-electron chi connectivity index (χ2n) is 7.48. The van der Waals surface area contributed by atoms with Crippen LogP contribution in [0.1, 0.15) is 25.7 Å². The van der Waals surface area contributed by atoms with Gasteiger partial charge in [-0.05, 0) is 31.4 Å². The van der Waals surface area contributed by atoms with Crippen LogP contribution < -0.4 is 11.0 Å². The summed E-state index contributed by atoms with van der Waals surface area (Å²) in [6.45, 7) is 1.56. The van der Waals surface area contributed by atoms with Gasteiger partial charge < -0.3 is 20.3 Å². The Labute approximate surface area is 156 Å². The van der Waals surface area contributed by atoms with E-state index < -0.39 is 11.5 Å². The highest BCUT2D eigenvalue weighted by Gasteiger charge is 2.50. The standard InChI is InChI=1S/C19H24N4O4/c24-15-6-10-22(12-19(15)8-3-9-20-17(19)26)16(25)7-11-23-14-5-2-1-4-13(14)21-18(23)27/h1-2,4-5,15,24H,3,6-12H2,(H,20,26)(H,21,27)/t15-,19+/m0/s1. The molecule has 2 aromatic rings. The second kappa shape index (κ2) is 6.84. The monoisotopic (exact) mass is 372 g/mol. The number of piperidine rings is 2. The van der Waals surface area contributed by atoms with Crippen molar-refractivity contribution in [1.29, 1.82) is 0 Å². The normalized spacial score (nSPS) is 25.7. The number of carbonyl (C=O) groups excluding carboxylic acids is 2. The van der Waals surface area contributed by atoms with Gasteiger partial charge in [0.2, 0.25) is 11.8 Å². The van der Waals surface area contributed by atoms with Crippen molar-refractivity contribution in [3.8, 4) is 0 Å². The Morgan fingerprint density at radius 3 is 2.93 bits per heavy atom. The van der Waals surface area contributed by atoms with Crippen molar-refractivity contribution in [3.05, 3.63) is 34.7 Å². The number of rotatable bonds is 3. The molecule has 0 aliphatic carbocycles. The Balaban J connectivity index is 1.47. The number of aliphatic hydroxyl groups excluding tert-OH is 1. The lowest BCUT2D eigenvalue weighted by Gasteiger charge is -2.46. The number of aromatic nitrogens is 2. The molecule has 3 N–H and O–H groups in total. The van der Waals surface area contributed by atoms with E-state index in [9.17, 15) is 19.5 Å². The molecule has 0 bridgehead atoms. The molecule has 0 unspecified atom stereocenters. The molecule has 2 atom stereocenters. The fourth-order valence-electron chi connectivity index (χ4n) is 4.35. The Kier molecular flexibility index (Phi) is 4.51. The van der Waals surface area contributed by atoms with Crippen LogP contribution in [0.3, 0.4) is 0 Å². The number of H-pyrrole nitrogens is 1. The summed E-state index contributed by atoms with van der Waals surface area (Å²) in [5.41, 5.74) is 0.381. The van der Waals surface area contributed by atoms with Crippen LogP contribution in [-0.2, 0) is 16.1 Å². The van der Waals surface area contributed by atoms with Gasteiger partial charge in [-0.15, -0.1) is 0 Å². The number of likely N-dealkylation sites (tertiary alicyclic amines) is 1. The van der Waals surface area contributed by atoms with Crippen molar-refractivity contribution < 1.29 is 14.7 Å². The second-order valence-corrected chi connectivity index (χ2v) is 7.48. The molecule has 8 heteroatoms. The van der Waals surface area contributed by atoms with E-state index in [4.69, 9.17) is 0 Å². The lowest BCUT2D eigenvalue weighted by Crippen LogP contribution is -2.62. The van der Waals surface area contributed by atoms with Gasteiger partial charge in [0.05, 0.1) is 22.6 Å². The molecule has 0 saturated carbocycles. The molecule has 1 spiro atoms. The lowest BCUT2D eigenvalue weighted by atomic mass is 9.71. The molecular weight excluding hydrogens is 348 g/mol. The van der Waals surface area contributed by atoms with Gasteiger partial charge in [0.25, 0.3) is 0 Å². The summed E-state index contributed by atoms with van der Waals surface area (Å²) in [6.07, 6.45) is 1.24. The van der Waals surface area contributed by atoms with E-state index in [0.717, 1.165) is 17.5 Å². The summed E-state index contributed by atoms with van der Waals surface area (Å²) in [5.74, 6) is -0.261. The minimum atomic E-state index is -0.899. The quantitative estimate of drug-likeness (QED) is 0.716. The number of benzene rings is 1. The minimum Gasteiger partial charge on any atom is -0.392 e. The molecule has 2 saturated heterocycles. The Hall–Kier alpha value is -2.61. The molecule has 1 aromatic carbocycles. The van der Waals surface area contributed by atoms with Gasteiger partial charge in [-0.3, -0.25) is 14.2 Å². The summed E-state index contributed by atoms with van der Waals surface area (Å²) >= 11 is 0. The van der Waals surface area contributed by atoms with E-state index in [2.05, 4.69) is 10.3 Å². The number of para-hydroxylation sites is 2. The third kappa shape index (κ3) is 3.03. The molecule has 0 radical (unpaired) electrons. The van der Waals surface area contributed by atoms with Crippen molar-refractivity contribution >= 4 is 22.8 Å². The number of hydrogen-bond donors (Lipinski definition) is 3. The molecule has 2 aliphatic heterocycles. The average Bonchev–Trinajstić information content (AvgIpc) is 2.99. The van der Waals surface area contributed by atoms with Crippen LogP contribution in [0.2, 0.25) is 0 Å². The van der Waals surface area contributed by atoms with E-state index in [0.29, 0.717) is 25.9 Å². The molecule has 2 fully saturated rings. The maximum Gasteiger partial charge on any atom is 0.326 e. The highest BCUT2D eigenvalue weighted by atomic mass is 16.3. The number of aromatic amines is 1. The van der Waals surface area contributed by atoms with Crippen LogP contribution in [0.4, 0.5) is 0 Å². The van der Waals surface area contributed by atoms with Gasteiger partial charge in [-0.2, -0.15) is 0 Å². The molecule has 1 aromatic heterocycles. The fourth-order valence-corrected chi connectivity index (χ4v) is 4.35. The number of hydrogen-bond acceptors (Lipinski definition) is 4. The molecule has 3 heterocycles. The predicted octanol–water partition coefficient (Wildman–Crippen LogP) is 0.209. The Bertz CT molecular complexity index is 933. The first-order valence-electron chi connectivity index (χ1n) is 9.43. The van der Waals surface area contributed by atoms with E-state index in [1.807, 2.05) is 24.3 Å². The third-order valence-corrected chi connectivity index (χ3v) is 5.90. The van der Waals surface area contributed by atoms with E-state index in [-0.39, 0.29) is 37.0 Å². The van der Waals surface area contributed by atoms with Crippen molar-refractivity contribution in [1.82, 2.24) is 19.8 Å². The summed E-state index contributed by atoms with van der Waals surface area (Å²) in [6, 6.07) is 7.37. The number of carbonyl (C=O) groups is 2. The molecule has 2 amide bonds. The molecular formula is C19H24N4O4. The first kappa shape index (κ1) is 17.8. The zero-order valence-corrected chi connectivity index (χ0v) is 15.1. The van der Waals surface area contributed by atoms with Crippen molar-refractivity contribution in [2.75, 3.05) is 19.6 Å². The maximum absolute atomic E-state index is 12.8. The summed E-state index contributed by atoms with van der Waals surface area (Å²) in [4.78, 5) is 41.8. The van der Waals surface area contributed by atoms with Crippen LogP contribution in [0.25, 0.3) is 11.0 Å². The SMILES string of the molecule is O=C(CCn1c(=O)[nH]c2ccccc21)N1CC[C@H](O)[C@@]2(CCCNC2=O)C1. The van der Waals surface area contributed by atoms with Crippen LogP contribution in [0.15, 0.2) is 29.1 Å². The number of aliphatic hydroxyl groups is 1. The summed E-state index contributed by atoms with van der Waals surface area (Å²) in [5, 5.41) is 13.3. The summed E-state index contributed by atoms with van der Waals surface area (Å²) < 4.78 is 1.56. The largest absolute Gasteiger partial charge is 0.392 e. The smallest absolute Gasteiger partial charge is 0.326 e. The van der Waals surface area contributed by atoms with Gasteiger partial charge in [0, 0.05) is 32.6 Å². The van der Waals surface area contributed by atoms with Gasteiger partial charge >= 0.3 is 5.69 Å². The van der Waals surface area contributed by atoms with Crippen LogP contribution in [0, 0.1) is 5.41 Å².